The molecule has 1 aliphatic rings. The maximum Gasteiger partial charge on any atom is 0.184 e. The van der Waals surface area contributed by atoms with Crippen molar-refractivity contribution in [3.63, 3.8) is 0 Å². The van der Waals surface area contributed by atoms with Gasteiger partial charge < -0.3 is 14.6 Å². The topological polar surface area (TPSA) is 38.7 Å². The van der Waals surface area contributed by atoms with Crippen LogP contribution in [0.2, 0.25) is 0 Å². The molecule has 0 unspecified atom stereocenters. The first-order valence-electron chi connectivity index (χ1n) is 4.83. The lowest BCUT2D eigenvalue weighted by Crippen LogP contribution is -2.04. The van der Waals surface area contributed by atoms with E-state index < -0.39 is 0 Å². The minimum Gasteiger partial charge on any atom is -0.396 e. The quantitative estimate of drug-likeness (QED) is 0.787. The number of hydrogen-bond donors (Lipinski definition) is 1. The van der Waals surface area contributed by atoms with E-state index in [4.69, 9.17) is 14.6 Å². The molecule has 3 heteroatoms. The van der Waals surface area contributed by atoms with Crippen molar-refractivity contribution in [1.29, 1.82) is 0 Å². The molecule has 1 fully saturated rings. The molecule has 0 radical (unpaired) electrons. The third-order valence-corrected chi connectivity index (χ3v) is 2.31. The standard InChI is InChI=1S/C11H14O3/c12-6-5-9-3-1-2-4-10(9)11-13-7-8-14-11/h1-4,11-12H,5-8H2. The fraction of sp³-hybridized carbons (Fsp3) is 0.455. The molecule has 1 heterocycles. The van der Waals surface area contributed by atoms with E-state index in [2.05, 4.69) is 0 Å². The zero-order chi connectivity index (χ0) is 9.80. The van der Waals surface area contributed by atoms with E-state index in [-0.39, 0.29) is 12.9 Å². The van der Waals surface area contributed by atoms with Crippen LogP contribution in [0, 0.1) is 0 Å². The second-order valence-corrected chi connectivity index (χ2v) is 3.25. The molecule has 76 valence electrons. The van der Waals surface area contributed by atoms with Crippen LogP contribution >= 0.6 is 0 Å². The summed E-state index contributed by atoms with van der Waals surface area (Å²) in [5.41, 5.74) is 2.14. The van der Waals surface area contributed by atoms with E-state index in [0.717, 1.165) is 11.1 Å². The summed E-state index contributed by atoms with van der Waals surface area (Å²) in [4.78, 5) is 0. The smallest absolute Gasteiger partial charge is 0.184 e. The molecule has 0 amide bonds. The second-order valence-electron chi connectivity index (χ2n) is 3.25. The van der Waals surface area contributed by atoms with Crippen molar-refractivity contribution in [2.75, 3.05) is 19.8 Å². The van der Waals surface area contributed by atoms with Gasteiger partial charge in [-0.2, -0.15) is 0 Å². The third-order valence-electron chi connectivity index (χ3n) is 2.31. The molecule has 0 bridgehead atoms. The van der Waals surface area contributed by atoms with E-state index in [0.29, 0.717) is 19.6 Å². The van der Waals surface area contributed by atoms with Gasteiger partial charge in [0.1, 0.15) is 0 Å². The molecule has 1 N–H and O–H groups in total. The summed E-state index contributed by atoms with van der Waals surface area (Å²) in [5, 5.41) is 8.91. The van der Waals surface area contributed by atoms with Crippen molar-refractivity contribution < 1.29 is 14.6 Å². The molecule has 0 atom stereocenters. The van der Waals surface area contributed by atoms with E-state index in [1.54, 1.807) is 0 Å². The molecule has 1 saturated heterocycles. The van der Waals surface area contributed by atoms with Gasteiger partial charge in [0.25, 0.3) is 0 Å². The molecule has 14 heavy (non-hydrogen) atoms. The highest BCUT2D eigenvalue weighted by Gasteiger charge is 2.20. The van der Waals surface area contributed by atoms with Gasteiger partial charge in [0.15, 0.2) is 6.29 Å². The molecule has 0 aromatic heterocycles. The molecule has 0 spiro atoms. The maximum absolute atomic E-state index is 8.91. The van der Waals surface area contributed by atoms with Crippen molar-refractivity contribution in [2.24, 2.45) is 0 Å². The predicted octanol–water partition coefficient (Wildman–Crippen LogP) is 1.27. The lowest BCUT2D eigenvalue weighted by atomic mass is 10.0. The van der Waals surface area contributed by atoms with E-state index in [1.807, 2.05) is 24.3 Å². The number of aliphatic hydroxyl groups excluding tert-OH is 1. The zero-order valence-electron chi connectivity index (χ0n) is 7.98. The van der Waals surface area contributed by atoms with E-state index in [9.17, 15) is 0 Å². The lowest BCUT2D eigenvalue weighted by molar-refractivity contribution is -0.0447. The first-order chi connectivity index (χ1) is 6.92. The van der Waals surface area contributed by atoms with Crippen molar-refractivity contribution in [3.05, 3.63) is 35.4 Å². The van der Waals surface area contributed by atoms with Crippen LogP contribution in [-0.4, -0.2) is 24.9 Å². The molecule has 1 aliphatic heterocycles. The number of hydrogen-bond acceptors (Lipinski definition) is 3. The Hall–Kier alpha value is -0.900. The highest BCUT2D eigenvalue weighted by Crippen LogP contribution is 2.26. The van der Waals surface area contributed by atoms with E-state index in [1.165, 1.54) is 0 Å². The first kappa shape index (κ1) is 9.65. The fourth-order valence-corrected chi connectivity index (χ4v) is 1.65. The van der Waals surface area contributed by atoms with Gasteiger partial charge in [0, 0.05) is 12.2 Å². The van der Waals surface area contributed by atoms with Crippen molar-refractivity contribution in [1.82, 2.24) is 0 Å². The Balaban J connectivity index is 2.21. The molecule has 1 aromatic rings. The Labute approximate surface area is 83.3 Å². The van der Waals surface area contributed by atoms with Gasteiger partial charge >= 0.3 is 0 Å². The summed E-state index contributed by atoms with van der Waals surface area (Å²) in [5.74, 6) is 0. The summed E-state index contributed by atoms with van der Waals surface area (Å²) in [6.07, 6.45) is 0.414. The number of ether oxygens (including phenoxy) is 2. The highest BCUT2D eigenvalue weighted by atomic mass is 16.7. The Morgan fingerprint density at radius 2 is 1.93 bits per heavy atom. The molecule has 3 nitrogen and oxygen atoms in total. The molecule has 1 aromatic carbocycles. The summed E-state index contributed by atoms with van der Waals surface area (Å²) >= 11 is 0. The fourth-order valence-electron chi connectivity index (χ4n) is 1.65. The van der Waals surface area contributed by atoms with Crippen molar-refractivity contribution >= 4 is 0 Å². The molecule has 0 aliphatic carbocycles. The Bertz CT molecular complexity index is 292. The summed E-state index contributed by atoms with van der Waals surface area (Å²) < 4.78 is 10.8. The number of rotatable bonds is 3. The predicted molar refractivity (Wildman–Crippen MR) is 51.9 cm³/mol. The lowest BCUT2D eigenvalue weighted by Gasteiger charge is -2.13. The van der Waals surface area contributed by atoms with Crippen LogP contribution in [0.4, 0.5) is 0 Å². The summed E-state index contributed by atoms with van der Waals surface area (Å²) in [7, 11) is 0. The van der Waals surface area contributed by atoms with Crippen LogP contribution in [0.15, 0.2) is 24.3 Å². The molecular weight excluding hydrogens is 180 g/mol. The maximum atomic E-state index is 8.91. The van der Waals surface area contributed by atoms with E-state index >= 15 is 0 Å². The minimum absolute atomic E-state index is 0.156. The van der Waals surface area contributed by atoms with Gasteiger partial charge in [-0.1, -0.05) is 24.3 Å². The molecular formula is C11H14O3. The van der Waals surface area contributed by atoms with Gasteiger partial charge in [0.05, 0.1) is 13.2 Å². The van der Waals surface area contributed by atoms with Crippen LogP contribution in [0.25, 0.3) is 0 Å². The van der Waals surface area contributed by atoms with Crippen LogP contribution < -0.4 is 0 Å². The van der Waals surface area contributed by atoms with Gasteiger partial charge in [0.2, 0.25) is 0 Å². The normalized spacial score (nSPS) is 17.5. The number of benzene rings is 1. The Morgan fingerprint density at radius 3 is 2.64 bits per heavy atom. The van der Waals surface area contributed by atoms with Gasteiger partial charge in [-0.05, 0) is 12.0 Å². The summed E-state index contributed by atoms with van der Waals surface area (Å²) in [6.45, 7) is 1.46. The minimum atomic E-state index is -0.238. The summed E-state index contributed by atoms with van der Waals surface area (Å²) in [6, 6.07) is 7.91. The second kappa shape index (κ2) is 4.55. The SMILES string of the molecule is OCCc1ccccc1C1OCCO1. The van der Waals surface area contributed by atoms with Crippen LogP contribution in [-0.2, 0) is 15.9 Å². The van der Waals surface area contributed by atoms with Crippen molar-refractivity contribution in [2.45, 2.75) is 12.7 Å². The van der Waals surface area contributed by atoms with Crippen LogP contribution in [0.1, 0.15) is 17.4 Å². The average Bonchev–Trinajstić information content (AvgIpc) is 2.72. The zero-order valence-corrected chi connectivity index (χ0v) is 7.98. The average molecular weight is 194 g/mol. The molecule has 2 rings (SSSR count). The third kappa shape index (κ3) is 1.95. The van der Waals surface area contributed by atoms with Crippen LogP contribution in [0.5, 0.6) is 0 Å². The van der Waals surface area contributed by atoms with Gasteiger partial charge in [-0.25, -0.2) is 0 Å². The number of aliphatic hydroxyl groups is 1. The Kier molecular flexibility index (Phi) is 3.14. The molecule has 0 saturated carbocycles. The van der Waals surface area contributed by atoms with Crippen molar-refractivity contribution in [3.8, 4) is 0 Å². The highest BCUT2D eigenvalue weighted by molar-refractivity contribution is 5.28. The van der Waals surface area contributed by atoms with Gasteiger partial charge in [-0.3, -0.25) is 0 Å². The van der Waals surface area contributed by atoms with Crippen LogP contribution in [0.3, 0.4) is 0 Å². The Morgan fingerprint density at radius 1 is 1.21 bits per heavy atom. The van der Waals surface area contributed by atoms with Gasteiger partial charge in [-0.15, -0.1) is 0 Å². The largest absolute Gasteiger partial charge is 0.396 e. The monoisotopic (exact) mass is 194 g/mol. The first-order valence-corrected chi connectivity index (χ1v) is 4.83.